The van der Waals surface area contributed by atoms with Gasteiger partial charge in [0.05, 0.1) is 25.5 Å². The van der Waals surface area contributed by atoms with Crippen LogP contribution in [0.25, 0.3) is 0 Å². The minimum Gasteiger partial charge on any atom is -0.497 e. The Kier molecular flexibility index (Phi) is 7.99. The third-order valence-corrected chi connectivity index (χ3v) is 5.47. The monoisotopic (exact) mass is 414 g/mol. The quantitative estimate of drug-likeness (QED) is 0.478. The highest BCUT2D eigenvalue weighted by molar-refractivity contribution is 5.79. The molecule has 1 aliphatic carbocycles. The molecule has 1 aliphatic rings. The van der Waals surface area contributed by atoms with E-state index in [2.05, 4.69) is 22.7 Å². The average Bonchev–Trinajstić information content (AvgIpc) is 3.37. The Morgan fingerprint density at radius 3 is 2.70 bits per heavy atom. The predicted molar refractivity (Wildman–Crippen MR) is 118 cm³/mol. The molecule has 0 aliphatic heterocycles. The lowest BCUT2D eigenvalue weighted by Crippen LogP contribution is -2.38. The smallest absolute Gasteiger partial charge is 0.191 e. The standard InChI is InChI=1S/C23H34N4O3/c1-5-24-23(25-13-12-21-16(2)27-30-17(21)3)26-15-18-10-11-20(28-4)14-22(18)29-19-8-6-7-9-19/h10-11,14,19H,5-9,12-13,15H2,1-4H3,(H2,24,25,26). The van der Waals surface area contributed by atoms with Gasteiger partial charge in [-0.15, -0.1) is 0 Å². The van der Waals surface area contributed by atoms with Gasteiger partial charge < -0.3 is 24.6 Å². The maximum atomic E-state index is 6.29. The number of hydrogen-bond donors (Lipinski definition) is 2. The fraction of sp³-hybridized carbons (Fsp3) is 0.565. The van der Waals surface area contributed by atoms with Crippen LogP contribution in [0, 0.1) is 13.8 Å². The molecule has 0 bridgehead atoms. The predicted octanol–water partition coefficient (Wildman–Crippen LogP) is 3.92. The van der Waals surface area contributed by atoms with Crippen molar-refractivity contribution in [2.75, 3.05) is 20.2 Å². The molecule has 30 heavy (non-hydrogen) atoms. The van der Waals surface area contributed by atoms with E-state index in [1.54, 1.807) is 7.11 Å². The van der Waals surface area contributed by atoms with E-state index in [-0.39, 0.29) is 0 Å². The molecule has 0 atom stereocenters. The van der Waals surface area contributed by atoms with Gasteiger partial charge in [0.25, 0.3) is 0 Å². The summed E-state index contributed by atoms with van der Waals surface area (Å²) in [6, 6.07) is 5.98. The third-order valence-electron chi connectivity index (χ3n) is 5.47. The average molecular weight is 415 g/mol. The van der Waals surface area contributed by atoms with Crippen molar-refractivity contribution in [1.29, 1.82) is 0 Å². The first kappa shape index (κ1) is 22.0. The SMILES string of the molecule is CCNC(=NCc1ccc(OC)cc1OC1CCCC1)NCCc1c(C)noc1C. The number of hydrogen-bond acceptors (Lipinski definition) is 5. The fourth-order valence-electron chi connectivity index (χ4n) is 3.76. The minimum absolute atomic E-state index is 0.293. The number of rotatable bonds is 9. The number of methoxy groups -OCH3 is 1. The molecule has 1 heterocycles. The summed E-state index contributed by atoms with van der Waals surface area (Å²) in [5.41, 5.74) is 3.16. The van der Waals surface area contributed by atoms with Gasteiger partial charge in [-0.1, -0.05) is 5.16 Å². The van der Waals surface area contributed by atoms with Gasteiger partial charge in [0.2, 0.25) is 0 Å². The highest BCUT2D eigenvalue weighted by Crippen LogP contribution is 2.30. The van der Waals surface area contributed by atoms with Crippen molar-refractivity contribution in [3.63, 3.8) is 0 Å². The summed E-state index contributed by atoms with van der Waals surface area (Å²) < 4.78 is 16.9. The highest BCUT2D eigenvalue weighted by Gasteiger charge is 2.18. The van der Waals surface area contributed by atoms with Gasteiger partial charge in [-0.05, 0) is 65.0 Å². The van der Waals surface area contributed by atoms with E-state index in [1.165, 1.54) is 12.8 Å². The minimum atomic E-state index is 0.293. The van der Waals surface area contributed by atoms with Crippen LogP contribution in [0.15, 0.2) is 27.7 Å². The van der Waals surface area contributed by atoms with E-state index in [0.29, 0.717) is 12.6 Å². The van der Waals surface area contributed by atoms with Crippen LogP contribution in [-0.2, 0) is 13.0 Å². The maximum Gasteiger partial charge on any atom is 0.191 e. The van der Waals surface area contributed by atoms with Crippen LogP contribution in [0.3, 0.4) is 0 Å². The van der Waals surface area contributed by atoms with Crippen molar-refractivity contribution >= 4 is 5.96 Å². The number of ether oxygens (including phenoxy) is 2. The third kappa shape index (κ3) is 5.90. The number of nitrogens with zero attached hydrogens (tertiary/aromatic N) is 2. The van der Waals surface area contributed by atoms with Gasteiger partial charge in [0.15, 0.2) is 5.96 Å². The van der Waals surface area contributed by atoms with E-state index in [0.717, 1.165) is 72.4 Å². The van der Waals surface area contributed by atoms with Gasteiger partial charge >= 0.3 is 0 Å². The fourth-order valence-corrected chi connectivity index (χ4v) is 3.76. The zero-order valence-corrected chi connectivity index (χ0v) is 18.6. The Balaban J connectivity index is 1.65. The molecule has 1 aromatic heterocycles. The first-order valence-corrected chi connectivity index (χ1v) is 10.9. The zero-order valence-electron chi connectivity index (χ0n) is 18.6. The van der Waals surface area contributed by atoms with Crippen LogP contribution >= 0.6 is 0 Å². The first-order valence-electron chi connectivity index (χ1n) is 10.9. The largest absolute Gasteiger partial charge is 0.497 e. The van der Waals surface area contributed by atoms with Gasteiger partial charge in [0, 0.05) is 30.3 Å². The van der Waals surface area contributed by atoms with E-state index in [4.69, 9.17) is 19.0 Å². The number of aliphatic imine (C=N–C) groups is 1. The van der Waals surface area contributed by atoms with Crippen LogP contribution in [0.2, 0.25) is 0 Å². The number of nitrogens with one attached hydrogen (secondary N) is 2. The van der Waals surface area contributed by atoms with Crippen LogP contribution < -0.4 is 20.1 Å². The molecule has 1 saturated carbocycles. The molecular formula is C23H34N4O3. The molecular weight excluding hydrogens is 380 g/mol. The molecule has 7 heteroatoms. The van der Waals surface area contributed by atoms with E-state index >= 15 is 0 Å². The van der Waals surface area contributed by atoms with Crippen molar-refractivity contribution in [3.8, 4) is 11.5 Å². The van der Waals surface area contributed by atoms with Crippen LogP contribution in [0.4, 0.5) is 0 Å². The Morgan fingerprint density at radius 1 is 1.23 bits per heavy atom. The molecule has 0 unspecified atom stereocenters. The van der Waals surface area contributed by atoms with Gasteiger partial charge in [-0.25, -0.2) is 4.99 Å². The summed E-state index contributed by atoms with van der Waals surface area (Å²) in [5, 5.41) is 10.7. The molecule has 0 spiro atoms. The molecule has 3 rings (SSSR count). The van der Waals surface area contributed by atoms with E-state index in [9.17, 15) is 0 Å². The summed E-state index contributed by atoms with van der Waals surface area (Å²) in [6.45, 7) is 8.07. The molecule has 0 radical (unpaired) electrons. The Morgan fingerprint density at radius 2 is 2.03 bits per heavy atom. The van der Waals surface area contributed by atoms with Crippen LogP contribution in [-0.4, -0.2) is 37.4 Å². The van der Waals surface area contributed by atoms with Crippen LogP contribution in [0.1, 0.15) is 55.2 Å². The zero-order chi connectivity index (χ0) is 21.3. The number of benzene rings is 1. The van der Waals surface area contributed by atoms with Gasteiger partial charge in [-0.3, -0.25) is 0 Å². The summed E-state index contributed by atoms with van der Waals surface area (Å²) >= 11 is 0. The molecule has 0 saturated heterocycles. The number of aromatic nitrogens is 1. The highest BCUT2D eigenvalue weighted by atomic mass is 16.5. The lowest BCUT2D eigenvalue weighted by molar-refractivity contribution is 0.207. The van der Waals surface area contributed by atoms with Crippen molar-refractivity contribution < 1.29 is 14.0 Å². The molecule has 2 N–H and O–H groups in total. The van der Waals surface area contributed by atoms with Crippen molar-refractivity contribution in [2.24, 2.45) is 4.99 Å². The van der Waals surface area contributed by atoms with Gasteiger partial charge in [-0.2, -0.15) is 0 Å². The molecule has 164 valence electrons. The summed E-state index contributed by atoms with van der Waals surface area (Å²) in [5.74, 6) is 3.34. The van der Waals surface area contributed by atoms with E-state index in [1.807, 2.05) is 32.0 Å². The Bertz CT molecular complexity index is 821. The second-order valence-electron chi connectivity index (χ2n) is 7.67. The lowest BCUT2D eigenvalue weighted by atomic mass is 10.1. The molecule has 1 aromatic carbocycles. The second kappa shape index (κ2) is 10.9. The normalized spacial score (nSPS) is 14.7. The van der Waals surface area contributed by atoms with Crippen LogP contribution in [0.5, 0.6) is 11.5 Å². The number of aryl methyl sites for hydroxylation is 2. The molecule has 1 fully saturated rings. The Hall–Kier alpha value is -2.70. The number of guanidine groups is 1. The Labute approximate surface area is 179 Å². The summed E-state index contributed by atoms with van der Waals surface area (Å²) in [6.07, 6.45) is 5.84. The second-order valence-corrected chi connectivity index (χ2v) is 7.67. The van der Waals surface area contributed by atoms with Crippen molar-refractivity contribution in [3.05, 3.63) is 40.8 Å². The maximum absolute atomic E-state index is 6.29. The summed E-state index contributed by atoms with van der Waals surface area (Å²) in [4.78, 5) is 4.77. The van der Waals surface area contributed by atoms with Gasteiger partial charge in [0.1, 0.15) is 17.3 Å². The molecule has 2 aromatic rings. The first-order chi connectivity index (χ1) is 14.6. The summed E-state index contributed by atoms with van der Waals surface area (Å²) in [7, 11) is 1.68. The topological polar surface area (TPSA) is 80.9 Å². The lowest BCUT2D eigenvalue weighted by Gasteiger charge is -2.17. The van der Waals surface area contributed by atoms with Crippen molar-refractivity contribution in [1.82, 2.24) is 15.8 Å². The molecule has 7 nitrogen and oxygen atoms in total. The van der Waals surface area contributed by atoms with Crippen molar-refractivity contribution in [2.45, 2.75) is 65.5 Å². The van der Waals surface area contributed by atoms with E-state index < -0.39 is 0 Å². The molecule has 0 amide bonds.